The normalized spacial score (nSPS) is 11.0. The number of aromatic amines is 1. The van der Waals surface area contributed by atoms with Crippen molar-refractivity contribution in [2.45, 2.75) is 51.5 Å². The van der Waals surface area contributed by atoms with E-state index in [9.17, 15) is 9.90 Å². The summed E-state index contributed by atoms with van der Waals surface area (Å²) < 4.78 is 0. The van der Waals surface area contributed by atoms with Crippen molar-refractivity contribution < 1.29 is 14.9 Å². The Morgan fingerprint density at radius 2 is 2.09 bits per heavy atom. The summed E-state index contributed by atoms with van der Waals surface area (Å²) in [6.07, 6.45) is 3.39. The number of unbranched alkanes of at least 4 members (excludes halogenated alkanes) is 1. The van der Waals surface area contributed by atoms with Gasteiger partial charge in [0, 0.05) is 28.7 Å². The minimum Gasteiger partial charge on any atom is -0.550 e. The zero-order valence-electron chi connectivity index (χ0n) is 13.5. The highest BCUT2D eigenvalue weighted by molar-refractivity contribution is 7.99. The first-order valence-electron chi connectivity index (χ1n) is 7.80. The maximum atomic E-state index is 10.6. The van der Waals surface area contributed by atoms with E-state index in [1.807, 2.05) is 0 Å². The third-order valence-corrected chi connectivity index (χ3v) is 4.93. The molecular formula is C18H23NO2S. The zero-order chi connectivity index (χ0) is 16.1. The van der Waals surface area contributed by atoms with Crippen LogP contribution in [0.25, 0.3) is 10.9 Å². The maximum absolute atomic E-state index is 10.6. The number of hydrogen-bond donors (Lipinski definition) is 0. The second-order valence-corrected chi connectivity index (χ2v) is 6.79. The number of nitrogens with one attached hydrogen (secondary N) is 1. The fraction of sp³-hybridized carbons (Fsp3) is 0.444. The minimum absolute atomic E-state index is 0.0801. The van der Waals surface area contributed by atoms with Crippen LogP contribution in [0.2, 0.25) is 0 Å². The van der Waals surface area contributed by atoms with E-state index in [4.69, 9.17) is 0 Å². The molecule has 0 spiro atoms. The molecule has 118 valence electrons. The molecule has 0 unspecified atom stereocenters. The number of carboxylic acid groups (broad SMARTS) is 1. The number of carbonyl (C=O) groups excluding carboxylic acids is 1. The summed E-state index contributed by atoms with van der Waals surface area (Å²) >= 11 is 1.58. The number of H-pyrrole nitrogens is 1. The van der Waals surface area contributed by atoms with Gasteiger partial charge in [-0.2, -0.15) is 4.98 Å². The Bertz CT molecular complexity index is 682. The summed E-state index contributed by atoms with van der Waals surface area (Å²) in [5.74, 6) is -0.454. The van der Waals surface area contributed by atoms with Crippen LogP contribution in [0.1, 0.15) is 42.9 Å². The molecule has 1 heterocycles. The van der Waals surface area contributed by atoms with Crippen LogP contribution in [-0.4, -0.2) is 11.7 Å². The van der Waals surface area contributed by atoms with Gasteiger partial charge in [0.1, 0.15) is 0 Å². The highest BCUT2D eigenvalue weighted by atomic mass is 32.2. The van der Waals surface area contributed by atoms with Gasteiger partial charge < -0.3 is 9.90 Å². The Hall–Kier alpha value is -1.55. The quantitative estimate of drug-likeness (QED) is 0.738. The van der Waals surface area contributed by atoms with E-state index >= 15 is 0 Å². The molecule has 0 amide bonds. The van der Waals surface area contributed by atoms with Crippen molar-refractivity contribution in [2.24, 2.45) is 0 Å². The van der Waals surface area contributed by atoms with Crippen molar-refractivity contribution in [3.63, 3.8) is 0 Å². The van der Waals surface area contributed by atoms with E-state index in [2.05, 4.69) is 44.0 Å². The molecule has 0 aliphatic heterocycles. The van der Waals surface area contributed by atoms with E-state index in [0.29, 0.717) is 5.75 Å². The summed E-state index contributed by atoms with van der Waals surface area (Å²) in [7, 11) is 0. The lowest BCUT2D eigenvalue weighted by Crippen LogP contribution is -2.22. The molecule has 0 saturated heterocycles. The third kappa shape index (κ3) is 4.01. The topological polar surface area (TPSA) is 54.3 Å². The van der Waals surface area contributed by atoms with Crippen molar-refractivity contribution in [1.82, 2.24) is 0 Å². The summed E-state index contributed by atoms with van der Waals surface area (Å²) in [5, 5.41) is 13.0. The number of rotatable bonds is 7. The summed E-state index contributed by atoms with van der Waals surface area (Å²) in [5.41, 5.74) is 4.99. The fourth-order valence-electron chi connectivity index (χ4n) is 2.62. The minimum atomic E-state index is -0.990. The molecule has 3 nitrogen and oxygen atoms in total. The number of fused-ring (bicyclic) bond motifs is 1. The molecule has 4 heteroatoms. The van der Waals surface area contributed by atoms with Crippen LogP contribution in [0.15, 0.2) is 23.2 Å². The number of carbonyl (C=O) groups is 1. The first-order valence-corrected chi connectivity index (χ1v) is 8.79. The Labute approximate surface area is 136 Å². The lowest BCUT2D eigenvalue weighted by molar-refractivity contribution is -0.396. The molecule has 0 aliphatic carbocycles. The van der Waals surface area contributed by atoms with Crippen molar-refractivity contribution in [3.8, 4) is 0 Å². The molecule has 1 aromatic heterocycles. The van der Waals surface area contributed by atoms with Crippen LogP contribution in [0.4, 0.5) is 0 Å². The van der Waals surface area contributed by atoms with Gasteiger partial charge in [-0.05, 0) is 44.7 Å². The van der Waals surface area contributed by atoms with Crippen molar-refractivity contribution in [3.05, 3.63) is 34.9 Å². The SMILES string of the molecule is CCCCc1c(SCCC(=O)[O-])[nH+]c2ccc(C)cc2c1C. The number of aliphatic carboxylic acids is 1. The molecule has 1 N–H and O–H groups in total. The number of carboxylic acids is 1. The van der Waals surface area contributed by atoms with Crippen LogP contribution in [0.5, 0.6) is 0 Å². The molecule has 0 fully saturated rings. The van der Waals surface area contributed by atoms with E-state index in [0.717, 1.165) is 29.8 Å². The summed E-state index contributed by atoms with van der Waals surface area (Å²) in [6, 6.07) is 6.41. The van der Waals surface area contributed by atoms with E-state index < -0.39 is 5.97 Å². The summed E-state index contributed by atoms with van der Waals surface area (Å²) in [6.45, 7) is 6.46. The predicted octanol–water partition coefficient (Wildman–Crippen LogP) is 2.85. The van der Waals surface area contributed by atoms with Gasteiger partial charge in [0.25, 0.3) is 0 Å². The van der Waals surface area contributed by atoms with Crippen LogP contribution < -0.4 is 10.1 Å². The first kappa shape index (κ1) is 16.8. The second kappa shape index (κ2) is 7.63. The molecule has 0 radical (unpaired) electrons. The Balaban J connectivity index is 2.42. The molecule has 0 bridgehead atoms. The van der Waals surface area contributed by atoms with Crippen LogP contribution in [0.3, 0.4) is 0 Å². The average molecular weight is 317 g/mol. The van der Waals surface area contributed by atoms with Gasteiger partial charge in [-0.1, -0.05) is 36.7 Å². The van der Waals surface area contributed by atoms with Crippen molar-refractivity contribution in [1.29, 1.82) is 0 Å². The molecule has 1 aromatic carbocycles. The lowest BCUT2D eigenvalue weighted by Gasteiger charge is -2.10. The average Bonchev–Trinajstić information content (AvgIpc) is 2.47. The number of aryl methyl sites for hydroxylation is 2. The Kier molecular flexibility index (Phi) is 5.83. The van der Waals surface area contributed by atoms with Crippen molar-refractivity contribution in [2.75, 3.05) is 5.75 Å². The van der Waals surface area contributed by atoms with Crippen LogP contribution in [0, 0.1) is 13.8 Å². The zero-order valence-corrected chi connectivity index (χ0v) is 14.3. The lowest BCUT2D eigenvalue weighted by atomic mass is 10.00. The van der Waals surface area contributed by atoms with Gasteiger partial charge in [0.15, 0.2) is 0 Å². The van der Waals surface area contributed by atoms with Crippen molar-refractivity contribution >= 4 is 28.6 Å². The standard InChI is InChI=1S/C18H23NO2S/c1-4-5-6-14-13(3)15-11-12(2)7-8-16(15)19-18(14)22-10-9-17(20)21/h7-8,11H,4-6,9-10H2,1-3H3,(H,20,21). The van der Waals surface area contributed by atoms with Gasteiger partial charge in [-0.3, -0.25) is 0 Å². The van der Waals surface area contributed by atoms with Crippen LogP contribution >= 0.6 is 11.8 Å². The molecule has 2 rings (SSSR count). The van der Waals surface area contributed by atoms with Gasteiger partial charge in [0.2, 0.25) is 10.5 Å². The number of thioether (sulfide) groups is 1. The van der Waals surface area contributed by atoms with Gasteiger partial charge in [-0.25, -0.2) is 0 Å². The van der Waals surface area contributed by atoms with Gasteiger partial charge in [0.05, 0.1) is 0 Å². The molecular weight excluding hydrogens is 294 g/mol. The van der Waals surface area contributed by atoms with E-state index in [1.54, 1.807) is 11.8 Å². The number of benzene rings is 1. The largest absolute Gasteiger partial charge is 0.550 e. The highest BCUT2D eigenvalue weighted by Crippen LogP contribution is 2.28. The molecule has 22 heavy (non-hydrogen) atoms. The monoisotopic (exact) mass is 317 g/mol. The first-order chi connectivity index (χ1) is 10.5. The smallest absolute Gasteiger partial charge is 0.242 e. The fourth-order valence-corrected chi connectivity index (χ4v) is 3.71. The third-order valence-electron chi connectivity index (χ3n) is 3.89. The van der Waals surface area contributed by atoms with E-state index in [1.165, 1.54) is 22.1 Å². The summed E-state index contributed by atoms with van der Waals surface area (Å²) in [4.78, 5) is 14.1. The molecule has 0 aliphatic rings. The van der Waals surface area contributed by atoms with Gasteiger partial charge >= 0.3 is 0 Å². The molecule has 0 saturated carbocycles. The maximum Gasteiger partial charge on any atom is 0.242 e. The number of hydrogen-bond acceptors (Lipinski definition) is 3. The Morgan fingerprint density at radius 1 is 1.32 bits per heavy atom. The van der Waals surface area contributed by atoms with E-state index in [-0.39, 0.29) is 6.42 Å². The van der Waals surface area contributed by atoms with Crippen LogP contribution in [-0.2, 0) is 11.2 Å². The Morgan fingerprint density at radius 3 is 2.77 bits per heavy atom. The second-order valence-electron chi connectivity index (χ2n) is 5.68. The van der Waals surface area contributed by atoms with Gasteiger partial charge in [-0.15, -0.1) is 0 Å². The number of pyridine rings is 1. The number of aromatic nitrogens is 1. The molecule has 2 aromatic rings. The highest BCUT2D eigenvalue weighted by Gasteiger charge is 2.18. The molecule has 0 atom stereocenters. The predicted molar refractivity (Wildman–Crippen MR) is 88.9 cm³/mol.